The lowest BCUT2D eigenvalue weighted by atomic mass is 9.85. The molecule has 4 fully saturated rings. The number of ketones is 2. The van der Waals surface area contributed by atoms with Crippen molar-refractivity contribution in [3.8, 4) is 5.75 Å². The van der Waals surface area contributed by atoms with Crippen LogP contribution in [-0.4, -0.2) is 122 Å². The first-order chi connectivity index (χ1) is 31.1. The van der Waals surface area contributed by atoms with Gasteiger partial charge >= 0.3 is 0 Å². The molecule has 2 saturated heterocycles. The Hall–Kier alpha value is -5.66. The molecule has 19 heteroatoms. The molecule has 0 radical (unpaired) electrons. The Balaban J connectivity index is 0.716. The second kappa shape index (κ2) is 19.2. The van der Waals surface area contributed by atoms with Crippen LogP contribution in [-0.2, 0) is 19.1 Å². The van der Waals surface area contributed by atoms with Gasteiger partial charge < -0.3 is 29.3 Å². The van der Waals surface area contributed by atoms with Gasteiger partial charge in [-0.05, 0) is 76.0 Å². The van der Waals surface area contributed by atoms with Crippen LogP contribution in [0.15, 0.2) is 47.7 Å². The molecular formula is C45H54F2N10O7. The number of aryl methyl sites for hydroxylation is 1. The second-order valence-electron chi connectivity index (χ2n) is 17.3. The number of nitrogens with one attached hydrogen (secondary N) is 1. The summed E-state index contributed by atoms with van der Waals surface area (Å²) in [6.45, 7) is 7.93. The monoisotopic (exact) mass is 884 g/mol. The quantitative estimate of drug-likeness (QED) is 0.109. The summed E-state index contributed by atoms with van der Waals surface area (Å²) in [6.07, 6.45) is 8.34. The van der Waals surface area contributed by atoms with Crippen LogP contribution in [0.3, 0.4) is 0 Å². The summed E-state index contributed by atoms with van der Waals surface area (Å²) in [4.78, 5) is 65.5. The van der Waals surface area contributed by atoms with E-state index in [2.05, 4.69) is 35.3 Å². The highest BCUT2D eigenvalue weighted by molar-refractivity contribution is 6.08. The molecule has 0 bridgehead atoms. The molecule has 4 aliphatic rings. The number of hydrogen-bond acceptors (Lipinski definition) is 13. The molecule has 0 spiro atoms. The number of nitrogens with zero attached hydrogens (tertiary/aromatic N) is 9. The zero-order valence-electron chi connectivity index (χ0n) is 36.0. The van der Waals surface area contributed by atoms with Gasteiger partial charge in [0.25, 0.3) is 17.9 Å². The van der Waals surface area contributed by atoms with Crippen LogP contribution in [0.25, 0.3) is 16.6 Å². The first-order valence-corrected chi connectivity index (χ1v) is 22.5. The van der Waals surface area contributed by atoms with E-state index in [1.165, 1.54) is 21.5 Å². The fraction of sp³-hybridized carbons (Fsp3) is 0.556. The normalized spacial score (nSPS) is 21.6. The molecule has 1 unspecified atom stereocenters. The number of hydrogen-bond donors (Lipinski definition) is 1. The fourth-order valence-electron chi connectivity index (χ4n) is 9.68. The van der Waals surface area contributed by atoms with E-state index in [0.29, 0.717) is 92.2 Å². The van der Waals surface area contributed by atoms with E-state index in [1.807, 2.05) is 6.07 Å². The summed E-state index contributed by atoms with van der Waals surface area (Å²) in [6, 6.07) is 6.37. The van der Waals surface area contributed by atoms with Crippen LogP contribution >= 0.6 is 0 Å². The summed E-state index contributed by atoms with van der Waals surface area (Å²) in [5, 5.41) is 11.5. The molecule has 1 atom stereocenters. The lowest BCUT2D eigenvalue weighted by Crippen LogP contribution is -2.40. The van der Waals surface area contributed by atoms with Crippen molar-refractivity contribution in [3.05, 3.63) is 70.3 Å². The Morgan fingerprint density at radius 2 is 1.77 bits per heavy atom. The molecule has 9 rings (SSSR count). The van der Waals surface area contributed by atoms with E-state index in [-0.39, 0.29) is 53.4 Å². The van der Waals surface area contributed by atoms with Gasteiger partial charge in [0.2, 0.25) is 0 Å². The number of carbonyl (C=O) groups is 3. The van der Waals surface area contributed by atoms with Gasteiger partial charge in [0.1, 0.15) is 34.1 Å². The third kappa shape index (κ3) is 9.42. The number of morpholine rings is 1. The van der Waals surface area contributed by atoms with Crippen LogP contribution in [0.4, 0.5) is 20.3 Å². The Labute approximate surface area is 368 Å². The summed E-state index contributed by atoms with van der Waals surface area (Å²) >= 11 is 0. The SMILES string of the molecule is Cc1nc2cccc(OCCCOC3CCN(CC4CCC(n5cc(NC(=O)c6cnn7ccc(N8CCOCC8)nc67)c(C(F)F)n5)CC4)CC3)c2c(=O)n1C1CCC(=O)CC1=O. The number of piperidine rings is 1. The van der Waals surface area contributed by atoms with Gasteiger partial charge in [0, 0.05) is 58.0 Å². The highest BCUT2D eigenvalue weighted by Gasteiger charge is 2.32. The van der Waals surface area contributed by atoms with Crippen LogP contribution < -0.4 is 20.5 Å². The molecule has 1 aromatic carbocycles. The molecule has 64 heavy (non-hydrogen) atoms. The van der Waals surface area contributed by atoms with E-state index >= 15 is 0 Å². The minimum absolute atomic E-state index is 0.0121. The maximum atomic E-state index is 14.3. The predicted octanol–water partition coefficient (Wildman–Crippen LogP) is 5.52. The lowest BCUT2D eigenvalue weighted by Gasteiger charge is -2.36. The second-order valence-corrected chi connectivity index (χ2v) is 17.3. The molecule has 17 nitrogen and oxygen atoms in total. The smallest absolute Gasteiger partial charge is 0.284 e. The van der Waals surface area contributed by atoms with Crippen LogP contribution in [0.1, 0.15) is 105 Å². The minimum Gasteiger partial charge on any atom is -0.493 e. The molecule has 2 aliphatic heterocycles. The number of halogens is 2. The number of carbonyl (C=O) groups excluding carboxylic acids is 3. The molecule has 2 aliphatic carbocycles. The number of amides is 1. The van der Waals surface area contributed by atoms with Gasteiger partial charge in [-0.25, -0.2) is 23.3 Å². The van der Waals surface area contributed by atoms with Crippen molar-refractivity contribution in [2.75, 3.05) is 69.4 Å². The average Bonchev–Trinajstić information content (AvgIpc) is 3.93. The van der Waals surface area contributed by atoms with E-state index in [0.717, 1.165) is 58.2 Å². The topological polar surface area (TPSA) is 180 Å². The Bertz CT molecular complexity index is 2560. The Morgan fingerprint density at radius 3 is 2.53 bits per heavy atom. The average molecular weight is 885 g/mol. The lowest BCUT2D eigenvalue weighted by molar-refractivity contribution is -0.132. The number of aromatic nitrogens is 7. The number of Topliss-reactive ketones (excluding diaryl/α,β-unsaturated/α-hetero) is 2. The van der Waals surface area contributed by atoms with Crippen molar-refractivity contribution in [2.45, 2.75) is 95.7 Å². The maximum Gasteiger partial charge on any atom is 0.284 e. The van der Waals surface area contributed by atoms with Crippen LogP contribution in [0.5, 0.6) is 5.75 Å². The van der Waals surface area contributed by atoms with Gasteiger partial charge in [-0.2, -0.15) is 10.2 Å². The highest BCUT2D eigenvalue weighted by Crippen LogP contribution is 2.36. The van der Waals surface area contributed by atoms with Crippen molar-refractivity contribution in [2.24, 2.45) is 5.92 Å². The summed E-state index contributed by atoms with van der Waals surface area (Å²) in [5.41, 5.74) is 0.220. The number of ether oxygens (including phenoxy) is 3. The maximum absolute atomic E-state index is 14.3. The minimum atomic E-state index is -2.86. The van der Waals surface area contributed by atoms with Gasteiger partial charge in [-0.15, -0.1) is 0 Å². The standard InChI is InChI=1S/C45H54F2N10O7/c1-28-49-34-4-2-5-38(40(34)45(61)57(28)36-11-10-31(58)24-37(36)59)64-21-3-20-63-32-12-15-53(16-13-32)26-29-6-8-30(9-7-29)56-27-35(41(52-56)42(46)47)50-44(60)33-25-48-55-17-14-39(51-43(33)55)54-18-22-62-23-19-54/h2,4-5,14,17,25,27,29-30,32,36,42H,3,6-13,15-16,18-24,26H2,1H3,(H,50,60). The molecule has 4 aromatic heterocycles. The van der Waals surface area contributed by atoms with Gasteiger partial charge in [0.15, 0.2) is 17.1 Å². The summed E-state index contributed by atoms with van der Waals surface area (Å²) in [5.74, 6) is 1.09. The van der Waals surface area contributed by atoms with Crippen molar-refractivity contribution >= 4 is 45.5 Å². The van der Waals surface area contributed by atoms with Crippen molar-refractivity contribution in [1.82, 2.24) is 38.8 Å². The van der Waals surface area contributed by atoms with Crippen molar-refractivity contribution in [1.29, 1.82) is 0 Å². The van der Waals surface area contributed by atoms with Gasteiger partial charge in [0.05, 0.1) is 68.4 Å². The predicted molar refractivity (Wildman–Crippen MR) is 231 cm³/mol. The van der Waals surface area contributed by atoms with E-state index in [4.69, 9.17) is 14.2 Å². The molecule has 340 valence electrons. The number of fused-ring (bicyclic) bond motifs is 2. The number of likely N-dealkylation sites (tertiary alicyclic amines) is 1. The molecule has 5 aromatic rings. The Kier molecular flexibility index (Phi) is 13.1. The molecule has 6 heterocycles. The molecule has 1 N–H and O–H groups in total. The van der Waals surface area contributed by atoms with Gasteiger partial charge in [-0.3, -0.25) is 28.4 Å². The van der Waals surface area contributed by atoms with Gasteiger partial charge in [-0.1, -0.05) is 6.07 Å². The molecular weight excluding hydrogens is 831 g/mol. The van der Waals surface area contributed by atoms with Crippen molar-refractivity contribution < 1.29 is 37.4 Å². The van der Waals surface area contributed by atoms with Crippen LogP contribution in [0, 0.1) is 12.8 Å². The first kappa shape index (κ1) is 43.6. The van der Waals surface area contributed by atoms with E-state index in [1.54, 1.807) is 36.0 Å². The van der Waals surface area contributed by atoms with Crippen molar-refractivity contribution in [3.63, 3.8) is 0 Å². The molecule has 1 amide bonds. The highest BCUT2D eigenvalue weighted by atomic mass is 19.3. The zero-order chi connectivity index (χ0) is 44.3. The number of anilines is 2. The fourth-order valence-corrected chi connectivity index (χ4v) is 9.68. The van der Waals surface area contributed by atoms with E-state index < -0.39 is 24.1 Å². The Morgan fingerprint density at radius 1 is 0.969 bits per heavy atom. The zero-order valence-corrected chi connectivity index (χ0v) is 36.0. The number of benzene rings is 1. The van der Waals surface area contributed by atoms with Crippen LogP contribution in [0.2, 0.25) is 0 Å². The summed E-state index contributed by atoms with van der Waals surface area (Å²) in [7, 11) is 0. The molecule has 2 saturated carbocycles. The van der Waals surface area contributed by atoms with E-state index in [9.17, 15) is 28.0 Å². The third-order valence-corrected chi connectivity index (χ3v) is 13.1. The number of rotatable bonds is 14. The number of alkyl halides is 2. The summed E-state index contributed by atoms with van der Waals surface area (Å²) < 4.78 is 50.8. The largest absolute Gasteiger partial charge is 0.493 e. The first-order valence-electron chi connectivity index (χ1n) is 22.5. The third-order valence-electron chi connectivity index (χ3n) is 13.1.